The average Bonchev–Trinajstić information content (AvgIpc) is 3.65. The molecule has 1 atom stereocenters. The van der Waals surface area contributed by atoms with Gasteiger partial charge in [0.1, 0.15) is 23.2 Å². The van der Waals surface area contributed by atoms with Gasteiger partial charge < -0.3 is 9.73 Å². The fourth-order valence-corrected chi connectivity index (χ4v) is 8.22. The van der Waals surface area contributed by atoms with Crippen molar-refractivity contribution in [1.82, 2.24) is 5.32 Å². The van der Waals surface area contributed by atoms with Crippen molar-refractivity contribution in [3.05, 3.63) is 205 Å². The van der Waals surface area contributed by atoms with Crippen LogP contribution < -0.4 is 5.32 Å². The maximum Gasteiger partial charge on any atom is 0.159 e. The molecule has 55 heavy (non-hydrogen) atoms. The average molecular weight is 704 g/mol. The van der Waals surface area contributed by atoms with Gasteiger partial charge in [0.15, 0.2) is 5.84 Å². The largest absolute Gasteiger partial charge is 0.456 e. The van der Waals surface area contributed by atoms with Crippen LogP contribution in [0.1, 0.15) is 22.9 Å². The van der Waals surface area contributed by atoms with E-state index in [0.717, 1.165) is 61.0 Å². The molecule has 1 aromatic heterocycles. The predicted molar refractivity (Wildman–Crippen MR) is 229 cm³/mol. The number of aliphatic imine (C=N–C) groups is 2. The lowest BCUT2D eigenvalue weighted by Crippen LogP contribution is -2.33. The minimum Gasteiger partial charge on any atom is -0.456 e. The summed E-state index contributed by atoms with van der Waals surface area (Å²) in [6.45, 7) is 0. The van der Waals surface area contributed by atoms with Crippen molar-refractivity contribution in [2.45, 2.75) is 6.17 Å². The minimum absolute atomic E-state index is 0.439. The van der Waals surface area contributed by atoms with Gasteiger partial charge in [0, 0.05) is 27.5 Å². The molecule has 1 N–H and O–H groups in total. The highest BCUT2D eigenvalue weighted by atomic mass is 16.3. The first-order chi connectivity index (χ1) is 27.2. The number of nitrogens with zero attached hydrogens (tertiary/aromatic N) is 2. The van der Waals surface area contributed by atoms with E-state index in [1.165, 1.54) is 38.1 Å². The highest BCUT2D eigenvalue weighted by molar-refractivity contribution is 6.18. The molecule has 0 fully saturated rings. The Morgan fingerprint density at radius 1 is 0.418 bits per heavy atom. The normalized spacial score (nSPS) is 14.4. The van der Waals surface area contributed by atoms with Crippen LogP contribution in [0.5, 0.6) is 0 Å². The van der Waals surface area contributed by atoms with Crippen LogP contribution in [0.4, 0.5) is 0 Å². The number of hydrogen-bond acceptors (Lipinski definition) is 4. The van der Waals surface area contributed by atoms with Gasteiger partial charge in [0.2, 0.25) is 0 Å². The second-order valence-corrected chi connectivity index (χ2v) is 14.2. The third kappa shape index (κ3) is 5.38. The second-order valence-electron chi connectivity index (χ2n) is 14.2. The zero-order valence-corrected chi connectivity index (χ0v) is 29.8. The summed E-state index contributed by atoms with van der Waals surface area (Å²) >= 11 is 0. The van der Waals surface area contributed by atoms with Crippen molar-refractivity contribution in [2.75, 3.05) is 0 Å². The molecular formula is C51H33N3O. The number of fused-ring (bicyclic) bond motifs is 7. The van der Waals surface area contributed by atoms with Gasteiger partial charge in [-0.25, -0.2) is 9.98 Å². The summed E-state index contributed by atoms with van der Waals surface area (Å²) in [5.41, 5.74) is 9.27. The molecule has 0 saturated carbocycles. The fraction of sp³-hybridized carbons (Fsp3) is 0.0196. The van der Waals surface area contributed by atoms with Crippen LogP contribution in [-0.2, 0) is 0 Å². The van der Waals surface area contributed by atoms with E-state index >= 15 is 0 Å². The van der Waals surface area contributed by atoms with Crippen LogP contribution in [0.3, 0.4) is 0 Å². The molecule has 4 nitrogen and oxygen atoms in total. The molecule has 1 aliphatic rings. The molecule has 0 aliphatic carbocycles. The van der Waals surface area contributed by atoms with E-state index in [4.69, 9.17) is 14.4 Å². The summed E-state index contributed by atoms with van der Waals surface area (Å²) in [7, 11) is 0. The summed E-state index contributed by atoms with van der Waals surface area (Å²) in [5, 5.41) is 13.0. The van der Waals surface area contributed by atoms with E-state index < -0.39 is 6.17 Å². The Balaban J connectivity index is 1.11. The summed E-state index contributed by atoms with van der Waals surface area (Å²) in [6, 6.07) is 66.4. The molecule has 0 radical (unpaired) electrons. The first-order valence-corrected chi connectivity index (χ1v) is 18.7. The molecule has 9 aromatic carbocycles. The SMILES string of the molecule is c1ccc(-c2cccc(-c3cccc4oc5cccc(C6N=C(c7ccc8ccc9ccccc9c8c7)N=C(c7ccc8ccccc8c7)N6)c5c34)c2)cc1. The highest BCUT2D eigenvalue weighted by Crippen LogP contribution is 2.41. The molecule has 0 spiro atoms. The number of furan rings is 1. The van der Waals surface area contributed by atoms with Crippen molar-refractivity contribution in [3.63, 3.8) is 0 Å². The summed E-state index contributed by atoms with van der Waals surface area (Å²) in [4.78, 5) is 10.7. The topological polar surface area (TPSA) is 49.9 Å². The standard InChI is InChI=1S/C51H33N3O/c1-2-11-32(12-3-1)37-16-8-17-38(29-37)42-19-9-21-45-47(42)48-43(20-10-22-46(48)55-45)51-53-49(39-27-23-33-13-4-5-15-36(33)30-39)52-50(54-51)40-28-26-35-25-24-34-14-6-7-18-41(34)44(35)31-40/h1-31,51H,(H,52,53,54). The fourth-order valence-electron chi connectivity index (χ4n) is 8.22. The zero-order valence-electron chi connectivity index (χ0n) is 29.8. The van der Waals surface area contributed by atoms with Gasteiger partial charge in [-0.3, -0.25) is 0 Å². The molecule has 1 aliphatic heterocycles. The maximum atomic E-state index is 6.61. The monoisotopic (exact) mass is 703 g/mol. The van der Waals surface area contributed by atoms with Crippen molar-refractivity contribution >= 4 is 65.9 Å². The lowest BCUT2D eigenvalue weighted by molar-refractivity contribution is 0.662. The van der Waals surface area contributed by atoms with Crippen molar-refractivity contribution in [2.24, 2.45) is 9.98 Å². The van der Waals surface area contributed by atoms with Crippen molar-refractivity contribution < 1.29 is 4.42 Å². The molecule has 11 rings (SSSR count). The number of rotatable bonds is 5. The van der Waals surface area contributed by atoms with Gasteiger partial charge in [-0.2, -0.15) is 0 Å². The Labute approximate surface area is 317 Å². The molecule has 0 bridgehead atoms. The lowest BCUT2D eigenvalue weighted by atomic mass is 9.94. The van der Waals surface area contributed by atoms with Crippen LogP contribution in [0.25, 0.3) is 76.5 Å². The van der Waals surface area contributed by atoms with Gasteiger partial charge in [-0.15, -0.1) is 0 Å². The minimum atomic E-state index is -0.439. The molecular weight excluding hydrogens is 671 g/mol. The smallest absolute Gasteiger partial charge is 0.159 e. The van der Waals surface area contributed by atoms with Gasteiger partial charge in [-0.05, 0) is 84.9 Å². The lowest BCUT2D eigenvalue weighted by Gasteiger charge is -2.24. The third-order valence-electron chi connectivity index (χ3n) is 10.9. The molecule has 258 valence electrons. The zero-order chi connectivity index (χ0) is 36.3. The van der Waals surface area contributed by atoms with E-state index in [-0.39, 0.29) is 0 Å². The first kappa shape index (κ1) is 31.2. The summed E-state index contributed by atoms with van der Waals surface area (Å²) < 4.78 is 6.61. The number of hydrogen-bond donors (Lipinski definition) is 1. The Hall–Kier alpha value is -7.30. The van der Waals surface area contributed by atoms with E-state index in [1.54, 1.807) is 0 Å². The molecule has 10 aromatic rings. The van der Waals surface area contributed by atoms with Crippen LogP contribution in [0.15, 0.2) is 202 Å². The van der Waals surface area contributed by atoms with E-state index in [0.29, 0.717) is 5.84 Å². The van der Waals surface area contributed by atoms with Gasteiger partial charge >= 0.3 is 0 Å². The molecule has 4 heteroatoms. The number of nitrogens with one attached hydrogen (secondary N) is 1. The molecule has 0 saturated heterocycles. The molecule has 0 amide bonds. The maximum absolute atomic E-state index is 6.61. The predicted octanol–water partition coefficient (Wildman–Crippen LogP) is 12.9. The quantitative estimate of drug-likeness (QED) is 0.181. The Morgan fingerprint density at radius 3 is 1.96 bits per heavy atom. The van der Waals surface area contributed by atoms with E-state index in [1.807, 2.05) is 0 Å². The number of benzene rings is 9. The number of amidine groups is 2. The van der Waals surface area contributed by atoms with Crippen molar-refractivity contribution in [3.8, 4) is 22.3 Å². The van der Waals surface area contributed by atoms with Gasteiger partial charge in [0.25, 0.3) is 0 Å². The third-order valence-corrected chi connectivity index (χ3v) is 10.9. The van der Waals surface area contributed by atoms with Gasteiger partial charge in [0.05, 0.1) is 0 Å². The first-order valence-electron chi connectivity index (χ1n) is 18.7. The van der Waals surface area contributed by atoms with Crippen LogP contribution in [-0.4, -0.2) is 11.7 Å². The molecule has 1 unspecified atom stereocenters. The van der Waals surface area contributed by atoms with Crippen LogP contribution in [0.2, 0.25) is 0 Å². The van der Waals surface area contributed by atoms with Gasteiger partial charge in [-0.1, -0.05) is 158 Å². The highest BCUT2D eigenvalue weighted by Gasteiger charge is 2.26. The molecule has 2 heterocycles. The van der Waals surface area contributed by atoms with Crippen LogP contribution >= 0.6 is 0 Å². The second kappa shape index (κ2) is 12.7. The summed E-state index contributed by atoms with van der Waals surface area (Å²) in [6.07, 6.45) is -0.439. The van der Waals surface area contributed by atoms with E-state index in [9.17, 15) is 0 Å². The van der Waals surface area contributed by atoms with E-state index in [2.05, 4.69) is 193 Å². The Morgan fingerprint density at radius 2 is 1.07 bits per heavy atom. The van der Waals surface area contributed by atoms with Crippen molar-refractivity contribution in [1.29, 1.82) is 0 Å². The Bertz CT molecular complexity index is 3190. The van der Waals surface area contributed by atoms with Crippen LogP contribution in [0, 0.1) is 0 Å². The summed E-state index contributed by atoms with van der Waals surface area (Å²) in [5.74, 6) is 1.46. The Kier molecular flexibility index (Phi) is 7.20.